The van der Waals surface area contributed by atoms with Gasteiger partial charge >= 0.3 is 0 Å². The van der Waals surface area contributed by atoms with Gasteiger partial charge in [0.2, 0.25) is 0 Å². The first-order valence-electron chi connectivity index (χ1n) is 5.62. The molecular formula is C13H21. The zero-order chi connectivity index (χ0) is 9.19. The van der Waals surface area contributed by atoms with E-state index in [4.69, 9.17) is 0 Å². The van der Waals surface area contributed by atoms with Gasteiger partial charge in [-0.2, -0.15) is 0 Å². The fraction of sp³-hybridized carbons (Fsp3) is 0.615. The molecule has 0 aromatic heterocycles. The zero-order valence-corrected chi connectivity index (χ0v) is 8.54. The fourth-order valence-corrected chi connectivity index (χ4v) is 1.57. The first-order valence-corrected chi connectivity index (χ1v) is 5.62. The van der Waals surface area contributed by atoms with Crippen LogP contribution in [0.15, 0.2) is 24.3 Å². The molecule has 1 aliphatic rings. The highest BCUT2D eigenvalue weighted by molar-refractivity contribution is 4.89. The van der Waals surface area contributed by atoms with Crippen LogP contribution in [0.1, 0.15) is 51.4 Å². The van der Waals surface area contributed by atoms with E-state index in [1.807, 2.05) is 0 Å². The highest BCUT2D eigenvalue weighted by Crippen LogP contribution is 2.08. The van der Waals surface area contributed by atoms with Crippen LogP contribution in [0.4, 0.5) is 0 Å². The third-order valence-corrected chi connectivity index (χ3v) is 2.41. The van der Waals surface area contributed by atoms with E-state index in [1.165, 1.54) is 51.4 Å². The van der Waals surface area contributed by atoms with E-state index in [2.05, 4.69) is 30.7 Å². The molecule has 1 rings (SSSR count). The Morgan fingerprint density at radius 1 is 0.538 bits per heavy atom. The molecule has 0 saturated carbocycles. The van der Waals surface area contributed by atoms with Crippen molar-refractivity contribution in [2.24, 2.45) is 0 Å². The van der Waals surface area contributed by atoms with Crippen molar-refractivity contribution in [2.45, 2.75) is 51.4 Å². The molecule has 1 radical (unpaired) electrons. The molecule has 0 aromatic rings. The van der Waals surface area contributed by atoms with E-state index < -0.39 is 0 Å². The first-order chi connectivity index (χ1) is 6.50. The van der Waals surface area contributed by atoms with E-state index in [-0.39, 0.29) is 0 Å². The molecule has 0 aromatic carbocycles. The molecule has 0 heterocycles. The van der Waals surface area contributed by atoms with Crippen molar-refractivity contribution in [3.63, 3.8) is 0 Å². The van der Waals surface area contributed by atoms with Crippen molar-refractivity contribution in [3.05, 3.63) is 30.7 Å². The number of allylic oxidation sites excluding steroid dienone is 4. The van der Waals surface area contributed by atoms with Gasteiger partial charge in [0.1, 0.15) is 0 Å². The van der Waals surface area contributed by atoms with E-state index in [1.54, 1.807) is 0 Å². The summed E-state index contributed by atoms with van der Waals surface area (Å²) in [6.45, 7) is 0. The summed E-state index contributed by atoms with van der Waals surface area (Å²) in [5.74, 6) is 0. The van der Waals surface area contributed by atoms with Crippen LogP contribution in [-0.2, 0) is 0 Å². The second-order valence-corrected chi connectivity index (χ2v) is 3.68. The third kappa shape index (κ3) is 6.62. The molecule has 0 amide bonds. The Morgan fingerprint density at radius 3 is 2.00 bits per heavy atom. The first kappa shape index (κ1) is 10.6. The van der Waals surface area contributed by atoms with E-state index in [0.29, 0.717) is 0 Å². The summed E-state index contributed by atoms with van der Waals surface area (Å²) in [7, 11) is 0. The summed E-state index contributed by atoms with van der Waals surface area (Å²) in [6.07, 6.45) is 22.0. The van der Waals surface area contributed by atoms with Gasteiger partial charge in [0.05, 0.1) is 0 Å². The molecule has 0 atom stereocenters. The Bertz CT molecular complexity index is 135. The van der Waals surface area contributed by atoms with Crippen LogP contribution in [0.2, 0.25) is 0 Å². The standard InChI is InChI=1S/C13H21/c1-2-4-6-8-10-12-13-11-9-7-5-3-1/h1-2,5,10,12H,3-4,6-9,11,13H2/b2-1-,12-10+. The lowest BCUT2D eigenvalue weighted by Crippen LogP contribution is -1.77. The maximum Gasteiger partial charge on any atom is -0.0319 e. The van der Waals surface area contributed by atoms with Crippen LogP contribution in [-0.4, -0.2) is 0 Å². The largest absolute Gasteiger partial charge is 0.0885 e. The van der Waals surface area contributed by atoms with Gasteiger partial charge in [-0.05, 0) is 51.4 Å². The van der Waals surface area contributed by atoms with Crippen molar-refractivity contribution in [1.29, 1.82) is 0 Å². The van der Waals surface area contributed by atoms with Crippen LogP contribution in [0.25, 0.3) is 0 Å². The summed E-state index contributed by atoms with van der Waals surface area (Å²) in [4.78, 5) is 0. The maximum absolute atomic E-state index is 2.40. The van der Waals surface area contributed by atoms with Gasteiger partial charge in [-0.1, -0.05) is 30.7 Å². The van der Waals surface area contributed by atoms with Crippen LogP contribution in [0, 0.1) is 6.42 Å². The SMILES string of the molecule is [CH]1C/C=C\CCC/C=C/CCCC1. The molecule has 0 nitrogen and oxygen atoms in total. The average Bonchev–Trinajstić information content (AvgIpc) is 2.18. The number of hydrogen-bond donors (Lipinski definition) is 0. The highest BCUT2D eigenvalue weighted by Gasteiger charge is 1.89. The van der Waals surface area contributed by atoms with E-state index in [0.717, 1.165) is 0 Å². The highest BCUT2D eigenvalue weighted by atomic mass is 14.0. The van der Waals surface area contributed by atoms with Gasteiger partial charge < -0.3 is 0 Å². The van der Waals surface area contributed by atoms with Crippen molar-refractivity contribution >= 4 is 0 Å². The van der Waals surface area contributed by atoms with Crippen LogP contribution < -0.4 is 0 Å². The Kier molecular flexibility index (Phi) is 6.58. The van der Waals surface area contributed by atoms with Crippen LogP contribution in [0.3, 0.4) is 0 Å². The minimum Gasteiger partial charge on any atom is -0.0885 e. The fourth-order valence-electron chi connectivity index (χ4n) is 1.57. The van der Waals surface area contributed by atoms with Gasteiger partial charge in [-0.3, -0.25) is 0 Å². The summed E-state index contributed by atoms with van der Waals surface area (Å²) < 4.78 is 0. The monoisotopic (exact) mass is 177 g/mol. The summed E-state index contributed by atoms with van der Waals surface area (Å²) in [6, 6.07) is 0. The van der Waals surface area contributed by atoms with Gasteiger partial charge in [0.15, 0.2) is 0 Å². The molecule has 73 valence electrons. The van der Waals surface area contributed by atoms with Crippen LogP contribution in [0.5, 0.6) is 0 Å². The lowest BCUT2D eigenvalue weighted by Gasteiger charge is -1.95. The smallest absolute Gasteiger partial charge is 0.0319 e. The second-order valence-electron chi connectivity index (χ2n) is 3.68. The molecular weight excluding hydrogens is 156 g/mol. The number of hydrogen-bond acceptors (Lipinski definition) is 0. The number of rotatable bonds is 0. The van der Waals surface area contributed by atoms with Gasteiger partial charge in [-0.15, -0.1) is 0 Å². The van der Waals surface area contributed by atoms with E-state index in [9.17, 15) is 0 Å². The Hall–Kier alpha value is -0.520. The molecule has 0 spiro atoms. The summed E-state index contributed by atoms with van der Waals surface area (Å²) in [5.41, 5.74) is 0. The summed E-state index contributed by atoms with van der Waals surface area (Å²) in [5, 5.41) is 0. The predicted molar refractivity (Wildman–Crippen MR) is 59.5 cm³/mol. The van der Waals surface area contributed by atoms with Gasteiger partial charge in [0, 0.05) is 0 Å². The molecule has 0 saturated heterocycles. The normalized spacial score (nSPS) is 26.5. The quantitative estimate of drug-likeness (QED) is 0.480. The second kappa shape index (κ2) is 8.10. The average molecular weight is 177 g/mol. The van der Waals surface area contributed by atoms with Crippen molar-refractivity contribution < 1.29 is 0 Å². The lowest BCUT2D eigenvalue weighted by molar-refractivity contribution is 0.729. The molecule has 0 aliphatic heterocycles. The molecule has 13 heavy (non-hydrogen) atoms. The summed E-state index contributed by atoms with van der Waals surface area (Å²) >= 11 is 0. The zero-order valence-electron chi connectivity index (χ0n) is 8.54. The molecule has 0 heteroatoms. The van der Waals surface area contributed by atoms with Crippen molar-refractivity contribution in [2.75, 3.05) is 0 Å². The third-order valence-electron chi connectivity index (χ3n) is 2.41. The van der Waals surface area contributed by atoms with E-state index >= 15 is 0 Å². The van der Waals surface area contributed by atoms with Crippen LogP contribution >= 0.6 is 0 Å². The molecule has 1 aliphatic carbocycles. The van der Waals surface area contributed by atoms with Crippen molar-refractivity contribution in [3.8, 4) is 0 Å². The van der Waals surface area contributed by atoms with Gasteiger partial charge in [0.25, 0.3) is 0 Å². The molecule has 0 unspecified atom stereocenters. The molecule has 0 N–H and O–H groups in total. The topological polar surface area (TPSA) is 0 Å². The maximum atomic E-state index is 2.40. The van der Waals surface area contributed by atoms with Crippen molar-refractivity contribution in [1.82, 2.24) is 0 Å². The Balaban J connectivity index is 2.18. The Morgan fingerprint density at radius 2 is 1.15 bits per heavy atom. The lowest BCUT2D eigenvalue weighted by atomic mass is 10.1. The predicted octanol–water partition coefficient (Wildman–Crippen LogP) is 4.44. The minimum atomic E-state index is 1.17. The molecule has 0 bridgehead atoms. The van der Waals surface area contributed by atoms with Gasteiger partial charge in [-0.25, -0.2) is 0 Å². The molecule has 0 fully saturated rings. The Labute approximate surface area is 82.7 Å². The minimum absolute atomic E-state index is 1.17.